The number of aryl methyl sites for hydroxylation is 2. The van der Waals surface area contributed by atoms with E-state index in [-0.39, 0.29) is 6.04 Å². The second kappa shape index (κ2) is 6.45. The molecule has 3 rings (SSSR count). The standard InChI is InChI=1S/C16H23N3O2/c1-12-3-4-14(21-12)11-18-15(13-5-9-20-10-6-13)16-17-7-8-19(16)2/h3-4,7-8,13,15,18H,5-6,9-11H2,1-2H3/t15-/m1/s1. The van der Waals surface area contributed by atoms with E-state index in [4.69, 9.17) is 9.15 Å². The van der Waals surface area contributed by atoms with E-state index >= 15 is 0 Å². The topological polar surface area (TPSA) is 52.2 Å². The summed E-state index contributed by atoms with van der Waals surface area (Å²) in [5.74, 6) is 3.56. The lowest BCUT2D eigenvalue weighted by molar-refractivity contribution is 0.0515. The van der Waals surface area contributed by atoms with Crippen molar-refractivity contribution in [1.82, 2.24) is 14.9 Å². The second-order valence-corrected chi connectivity index (χ2v) is 5.72. The fourth-order valence-electron chi connectivity index (χ4n) is 2.99. The Morgan fingerprint density at radius 2 is 2.19 bits per heavy atom. The summed E-state index contributed by atoms with van der Waals surface area (Å²) in [4.78, 5) is 4.54. The van der Waals surface area contributed by atoms with Gasteiger partial charge in [0.15, 0.2) is 0 Å². The zero-order valence-corrected chi connectivity index (χ0v) is 12.7. The molecule has 0 amide bonds. The number of imidazole rings is 1. The number of furan rings is 1. The van der Waals surface area contributed by atoms with Crippen LogP contribution in [-0.2, 0) is 18.3 Å². The third-order valence-corrected chi connectivity index (χ3v) is 4.17. The van der Waals surface area contributed by atoms with Gasteiger partial charge in [-0.2, -0.15) is 0 Å². The van der Waals surface area contributed by atoms with Crippen molar-refractivity contribution in [3.05, 3.63) is 41.9 Å². The SMILES string of the molecule is Cc1ccc(CN[C@@H](c2nccn2C)C2CCOCC2)o1. The third-order valence-electron chi connectivity index (χ3n) is 4.17. The number of hydrogen-bond donors (Lipinski definition) is 1. The van der Waals surface area contributed by atoms with Gasteiger partial charge in [0.2, 0.25) is 0 Å². The molecule has 5 nitrogen and oxygen atoms in total. The van der Waals surface area contributed by atoms with Crippen LogP contribution in [0.3, 0.4) is 0 Å². The van der Waals surface area contributed by atoms with Crippen LogP contribution < -0.4 is 5.32 Å². The summed E-state index contributed by atoms with van der Waals surface area (Å²) in [6.07, 6.45) is 6.00. The van der Waals surface area contributed by atoms with Crippen molar-refractivity contribution in [3.8, 4) is 0 Å². The summed E-state index contributed by atoms with van der Waals surface area (Å²) in [5, 5.41) is 3.63. The first-order valence-electron chi connectivity index (χ1n) is 7.57. The normalized spacial score (nSPS) is 18.0. The molecule has 1 N–H and O–H groups in total. The van der Waals surface area contributed by atoms with Crippen LogP contribution in [0.25, 0.3) is 0 Å². The lowest BCUT2D eigenvalue weighted by atomic mass is 9.91. The molecule has 2 aromatic heterocycles. The van der Waals surface area contributed by atoms with Crippen molar-refractivity contribution in [2.45, 2.75) is 32.4 Å². The minimum atomic E-state index is 0.235. The van der Waals surface area contributed by atoms with Gasteiger partial charge in [-0.05, 0) is 37.8 Å². The van der Waals surface area contributed by atoms with E-state index in [1.807, 2.05) is 38.5 Å². The van der Waals surface area contributed by atoms with Crippen LogP contribution in [0.1, 0.15) is 36.2 Å². The monoisotopic (exact) mass is 289 g/mol. The maximum Gasteiger partial charge on any atom is 0.125 e. The van der Waals surface area contributed by atoms with E-state index in [0.717, 1.165) is 49.9 Å². The predicted octanol–water partition coefficient (Wildman–Crippen LogP) is 2.58. The van der Waals surface area contributed by atoms with Gasteiger partial charge in [-0.15, -0.1) is 0 Å². The van der Waals surface area contributed by atoms with Crippen molar-refractivity contribution < 1.29 is 9.15 Å². The molecule has 0 spiro atoms. The summed E-state index contributed by atoms with van der Waals surface area (Å²) >= 11 is 0. The number of nitrogens with one attached hydrogen (secondary N) is 1. The maximum absolute atomic E-state index is 5.65. The van der Waals surface area contributed by atoms with Crippen LogP contribution in [0.2, 0.25) is 0 Å². The van der Waals surface area contributed by atoms with Gasteiger partial charge >= 0.3 is 0 Å². The molecule has 0 unspecified atom stereocenters. The number of rotatable bonds is 5. The molecule has 5 heteroatoms. The number of aromatic nitrogens is 2. The molecule has 1 atom stereocenters. The van der Waals surface area contributed by atoms with E-state index in [1.165, 1.54) is 0 Å². The van der Waals surface area contributed by atoms with Gasteiger partial charge in [0.1, 0.15) is 17.3 Å². The number of hydrogen-bond acceptors (Lipinski definition) is 4. The fourth-order valence-corrected chi connectivity index (χ4v) is 2.99. The quantitative estimate of drug-likeness (QED) is 0.919. The number of nitrogens with zero attached hydrogens (tertiary/aromatic N) is 2. The molecule has 2 aromatic rings. The smallest absolute Gasteiger partial charge is 0.125 e. The molecular weight excluding hydrogens is 266 g/mol. The van der Waals surface area contributed by atoms with E-state index in [1.54, 1.807) is 0 Å². The highest BCUT2D eigenvalue weighted by atomic mass is 16.5. The predicted molar refractivity (Wildman–Crippen MR) is 79.8 cm³/mol. The molecule has 1 aliphatic rings. The highest BCUT2D eigenvalue weighted by Crippen LogP contribution is 2.29. The summed E-state index contributed by atoms with van der Waals surface area (Å²) in [5.41, 5.74) is 0. The molecule has 1 aliphatic heterocycles. The summed E-state index contributed by atoms with van der Waals surface area (Å²) in [7, 11) is 2.05. The van der Waals surface area contributed by atoms with Crippen LogP contribution >= 0.6 is 0 Å². The first-order chi connectivity index (χ1) is 10.2. The zero-order chi connectivity index (χ0) is 14.7. The average molecular weight is 289 g/mol. The van der Waals surface area contributed by atoms with Gasteiger partial charge < -0.3 is 19.0 Å². The molecule has 21 heavy (non-hydrogen) atoms. The summed E-state index contributed by atoms with van der Waals surface area (Å²) in [6, 6.07) is 4.27. The molecular formula is C16H23N3O2. The van der Waals surface area contributed by atoms with Gasteiger partial charge in [-0.3, -0.25) is 0 Å². The van der Waals surface area contributed by atoms with Crippen molar-refractivity contribution in [3.63, 3.8) is 0 Å². The molecule has 1 fully saturated rings. The molecule has 1 saturated heterocycles. The highest BCUT2D eigenvalue weighted by Gasteiger charge is 2.28. The Bertz CT molecular complexity index is 570. The van der Waals surface area contributed by atoms with Crippen molar-refractivity contribution >= 4 is 0 Å². The highest BCUT2D eigenvalue weighted by molar-refractivity contribution is 5.07. The molecule has 0 saturated carbocycles. The van der Waals surface area contributed by atoms with Crippen LogP contribution in [0.5, 0.6) is 0 Å². The minimum absolute atomic E-state index is 0.235. The van der Waals surface area contributed by atoms with Crippen LogP contribution in [0, 0.1) is 12.8 Å². The Balaban J connectivity index is 1.73. The van der Waals surface area contributed by atoms with Crippen molar-refractivity contribution in [1.29, 1.82) is 0 Å². The fraction of sp³-hybridized carbons (Fsp3) is 0.562. The third kappa shape index (κ3) is 3.36. The van der Waals surface area contributed by atoms with Gasteiger partial charge in [0, 0.05) is 32.7 Å². The molecule has 0 bridgehead atoms. The van der Waals surface area contributed by atoms with Crippen LogP contribution in [0.15, 0.2) is 28.9 Å². The van der Waals surface area contributed by atoms with Gasteiger partial charge in [-0.25, -0.2) is 4.98 Å². The lowest BCUT2D eigenvalue weighted by Crippen LogP contribution is -2.33. The molecule has 114 valence electrons. The summed E-state index contributed by atoms with van der Waals surface area (Å²) in [6.45, 7) is 4.38. The van der Waals surface area contributed by atoms with Gasteiger partial charge in [0.25, 0.3) is 0 Å². The molecule has 0 aromatic carbocycles. The Labute approximate surface area is 125 Å². The van der Waals surface area contributed by atoms with Gasteiger partial charge in [0.05, 0.1) is 12.6 Å². The van der Waals surface area contributed by atoms with E-state index in [2.05, 4.69) is 14.9 Å². The summed E-state index contributed by atoms with van der Waals surface area (Å²) < 4.78 is 13.2. The lowest BCUT2D eigenvalue weighted by Gasteiger charge is -2.30. The minimum Gasteiger partial charge on any atom is -0.465 e. The Morgan fingerprint density at radius 1 is 1.38 bits per heavy atom. The first kappa shape index (κ1) is 14.4. The Morgan fingerprint density at radius 3 is 2.81 bits per heavy atom. The van der Waals surface area contributed by atoms with Crippen LogP contribution in [-0.4, -0.2) is 22.8 Å². The molecule has 3 heterocycles. The van der Waals surface area contributed by atoms with Crippen molar-refractivity contribution in [2.24, 2.45) is 13.0 Å². The van der Waals surface area contributed by atoms with Crippen LogP contribution in [0.4, 0.5) is 0 Å². The largest absolute Gasteiger partial charge is 0.465 e. The Kier molecular flexibility index (Phi) is 4.41. The van der Waals surface area contributed by atoms with Gasteiger partial charge in [-0.1, -0.05) is 0 Å². The van der Waals surface area contributed by atoms with E-state index in [9.17, 15) is 0 Å². The zero-order valence-electron chi connectivity index (χ0n) is 12.7. The number of ether oxygens (including phenoxy) is 1. The second-order valence-electron chi connectivity index (χ2n) is 5.72. The van der Waals surface area contributed by atoms with E-state index < -0.39 is 0 Å². The molecule has 0 aliphatic carbocycles. The Hall–Kier alpha value is -1.59. The maximum atomic E-state index is 5.65. The van der Waals surface area contributed by atoms with Crippen molar-refractivity contribution in [2.75, 3.05) is 13.2 Å². The molecule has 0 radical (unpaired) electrons. The van der Waals surface area contributed by atoms with E-state index in [0.29, 0.717) is 5.92 Å². The average Bonchev–Trinajstić information content (AvgIpc) is 3.10. The first-order valence-corrected chi connectivity index (χ1v) is 7.57.